The minimum Gasteiger partial charge on any atom is -0.490 e. The molecule has 1 aliphatic rings. The van der Waals surface area contributed by atoms with Crippen LogP contribution in [0, 0.1) is 33.6 Å². The smallest absolute Gasteiger partial charge is 0.323 e. The van der Waals surface area contributed by atoms with Gasteiger partial charge < -0.3 is 39.2 Å². The van der Waals surface area contributed by atoms with E-state index in [2.05, 4.69) is 20.9 Å². The number of aryl methyl sites for hydroxylation is 4. The van der Waals surface area contributed by atoms with Gasteiger partial charge in [-0.2, -0.15) is 4.31 Å². The number of aliphatic hydroxyl groups excluding tert-OH is 1. The summed E-state index contributed by atoms with van der Waals surface area (Å²) < 4.78 is 51.2. The van der Waals surface area contributed by atoms with Crippen LogP contribution >= 0.6 is 0 Å². The van der Waals surface area contributed by atoms with E-state index in [1.165, 1.54) is 16.3 Å². The number of benzene rings is 1. The Labute approximate surface area is 287 Å². The number of likely N-dealkylation sites (N-methyl/N-ethyl adjacent to an activating group) is 1. The van der Waals surface area contributed by atoms with Crippen LogP contribution < -0.4 is 15.4 Å². The average molecular weight is 705 g/mol. The molecule has 1 aromatic carbocycles. The topological polar surface area (TPSA) is 190 Å². The number of aromatic nitrogens is 2. The first-order valence-electron chi connectivity index (χ1n) is 16.4. The van der Waals surface area contributed by atoms with Crippen LogP contribution in [0.3, 0.4) is 0 Å². The summed E-state index contributed by atoms with van der Waals surface area (Å²) in [5.74, 6) is 0.188. The van der Waals surface area contributed by atoms with Crippen molar-refractivity contribution in [3.05, 3.63) is 46.7 Å². The first-order valence-corrected chi connectivity index (χ1v) is 17.8. The molecule has 0 fully saturated rings. The van der Waals surface area contributed by atoms with Crippen molar-refractivity contribution in [2.75, 3.05) is 44.0 Å². The van der Waals surface area contributed by atoms with Crippen LogP contribution in [0.4, 0.5) is 16.2 Å². The van der Waals surface area contributed by atoms with E-state index >= 15 is 0 Å². The van der Waals surface area contributed by atoms with Gasteiger partial charge in [-0.3, -0.25) is 4.79 Å². The summed E-state index contributed by atoms with van der Waals surface area (Å²) in [4.78, 5) is 28.8. The highest BCUT2D eigenvalue weighted by Gasteiger charge is 2.34. The maximum absolute atomic E-state index is 14.4. The van der Waals surface area contributed by atoms with Crippen LogP contribution in [0.25, 0.3) is 0 Å². The summed E-state index contributed by atoms with van der Waals surface area (Å²) in [6.45, 7) is 12.2. The van der Waals surface area contributed by atoms with Gasteiger partial charge in [-0.05, 0) is 79.0 Å². The van der Waals surface area contributed by atoms with Gasteiger partial charge in [-0.25, -0.2) is 13.2 Å². The van der Waals surface area contributed by atoms with Crippen LogP contribution in [-0.4, -0.2) is 96.6 Å². The van der Waals surface area contributed by atoms with Gasteiger partial charge in [0.25, 0.3) is 5.91 Å². The normalized spacial score (nSPS) is 20.3. The molecule has 15 nitrogen and oxygen atoms in total. The molecule has 1 aliphatic heterocycles. The van der Waals surface area contributed by atoms with Crippen LogP contribution in [0.2, 0.25) is 0 Å². The molecule has 3 heterocycles. The number of rotatable bonds is 8. The minimum atomic E-state index is -3.96. The van der Waals surface area contributed by atoms with Crippen molar-refractivity contribution in [1.29, 1.82) is 0 Å². The molecule has 16 heteroatoms. The van der Waals surface area contributed by atoms with Crippen molar-refractivity contribution in [2.24, 2.45) is 5.92 Å². The van der Waals surface area contributed by atoms with Gasteiger partial charge in [0.15, 0.2) is 11.5 Å². The van der Waals surface area contributed by atoms with Gasteiger partial charge in [-0.1, -0.05) is 17.2 Å². The SMILES string of the molecule is Cc1noc(C)c1NC(=O)Nc1ccc2c(c1)C(=O)N([C@H](C)CO)C[C@H](C)[C@@H](CN(C)S(=O)(=O)c1c(C)noc1C)OCCCC[C@H](C)O2. The molecule has 2 aromatic heterocycles. The zero-order valence-corrected chi connectivity index (χ0v) is 30.2. The second-order valence-corrected chi connectivity index (χ2v) is 14.7. The van der Waals surface area contributed by atoms with Gasteiger partial charge in [0, 0.05) is 38.3 Å². The van der Waals surface area contributed by atoms with Crippen molar-refractivity contribution in [3.8, 4) is 5.75 Å². The van der Waals surface area contributed by atoms with Gasteiger partial charge >= 0.3 is 6.03 Å². The molecule has 3 amide bonds. The van der Waals surface area contributed by atoms with Gasteiger partial charge in [0.2, 0.25) is 10.0 Å². The van der Waals surface area contributed by atoms with Gasteiger partial charge in [0.1, 0.15) is 27.7 Å². The minimum absolute atomic E-state index is 0.00745. The van der Waals surface area contributed by atoms with Crippen LogP contribution in [0.5, 0.6) is 5.75 Å². The standard InChI is InChI=1S/C33H48N6O9S/c1-19-16-39(20(2)18-40)32(41)27-15-26(34-33(42)35-30-22(4)36-47-24(30)6)12-13-28(27)46-21(3)11-9-10-14-45-29(19)17-38(8)49(43,44)31-23(5)37-48-25(31)7/h12-13,15,19-21,29,40H,9-11,14,16-18H2,1-8H3,(H2,34,35,42)/t19-,20+,21-,29+/m0/s1. The van der Waals surface area contributed by atoms with Crippen molar-refractivity contribution < 1.29 is 41.6 Å². The quantitative estimate of drug-likeness (QED) is 0.296. The molecule has 0 bridgehead atoms. The van der Waals surface area contributed by atoms with Crippen molar-refractivity contribution in [3.63, 3.8) is 0 Å². The fourth-order valence-electron chi connectivity index (χ4n) is 5.75. The lowest BCUT2D eigenvalue weighted by Crippen LogP contribution is -2.48. The lowest BCUT2D eigenvalue weighted by molar-refractivity contribution is -0.00835. The monoisotopic (exact) mass is 704 g/mol. The number of sulfonamides is 1. The maximum atomic E-state index is 14.4. The molecular formula is C33H48N6O9S. The van der Waals surface area contributed by atoms with E-state index < -0.39 is 34.1 Å². The maximum Gasteiger partial charge on any atom is 0.323 e. The molecule has 3 aromatic rings. The number of ether oxygens (including phenoxy) is 2. The van der Waals surface area contributed by atoms with E-state index in [0.717, 1.165) is 6.42 Å². The van der Waals surface area contributed by atoms with Crippen molar-refractivity contribution in [2.45, 2.75) is 90.9 Å². The number of carbonyl (C=O) groups is 2. The summed E-state index contributed by atoms with van der Waals surface area (Å²) >= 11 is 0. The van der Waals surface area contributed by atoms with E-state index in [4.69, 9.17) is 18.5 Å². The van der Waals surface area contributed by atoms with Crippen LogP contribution in [0.15, 0.2) is 32.1 Å². The number of amides is 3. The Balaban J connectivity index is 1.64. The third-order valence-electron chi connectivity index (χ3n) is 8.65. The Hall–Kier alpha value is -3.99. The zero-order chi connectivity index (χ0) is 36.0. The van der Waals surface area contributed by atoms with Gasteiger partial charge in [-0.15, -0.1) is 0 Å². The summed E-state index contributed by atoms with van der Waals surface area (Å²) in [5, 5.41) is 23.4. The molecule has 0 radical (unpaired) electrons. The molecule has 3 N–H and O–H groups in total. The number of hydrogen-bond donors (Lipinski definition) is 3. The highest BCUT2D eigenvalue weighted by Crippen LogP contribution is 2.30. The number of urea groups is 1. The molecule has 0 saturated carbocycles. The van der Waals surface area contributed by atoms with Gasteiger partial charge in [0.05, 0.1) is 30.4 Å². The summed E-state index contributed by atoms with van der Waals surface area (Å²) in [6, 6.07) is 3.67. The lowest BCUT2D eigenvalue weighted by atomic mass is 10.0. The second-order valence-electron chi connectivity index (χ2n) is 12.7. The molecule has 0 aliphatic carbocycles. The number of nitrogens with zero attached hydrogens (tertiary/aromatic N) is 4. The fourth-order valence-corrected chi connectivity index (χ4v) is 7.22. The molecule has 0 saturated heterocycles. The molecule has 270 valence electrons. The Morgan fingerprint density at radius 3 is 2.41 bits per heavy atom. The predicted octanol–water partition coefficient (Wildman–Crippen LogP) is 4.66. The molecule has 49 heavy (non-hydrogen) atoms. The van der Waals surface area contributed by atoms with E-state index in [9.17, 15) is 23.1 Å². The number of fused-ring (bicyclic) bond motifs is 1. The number of hydrogen-bond acceptors (Lipinski definition) is 11. The molecule has 0 unspecified atom stereocenters. The Morgan fingerprint density at radius 1 is 1.08 bits per heavy atom. The first kappa shape index (κ1) is 37.8. The Bertz CT molecular complexity index is 1680. The second kappa shape index (κ2) is 16.1. The Kier molecular flexibility index (Phi) is 12.5. The van der Waals surface area contributed by atoms with Crippen LogP contribution in [0.1, 0.15) is 73.3 Å². The molecule has 0 spiro atoms. The highest BCUT2D eigenvalue weighted by atomic mass is 32.2. The summed E-state index contributed by atoms with van der Waals surface area (Å²) in [6.07, 6.45) is 1.31. The zero-order valence-electron chi connectivity index (χ0n) is 29.4. The van der Waals surface area contributed by atoms with E-state index in [-0.39, 0.29) is 53.6 Å². The third-order valence-corrected chi connectivity index (χ3v) is 10.7. The van der Waals surface area contributed by atoms with Crippen LogP contribution in [-0.2, 0) is 14.8 Å². The average Bonchev–Trinajstić information content (AvgIpc) is 3.56. The molecular weight excluding hydrogens is 656 g/mol. The van der Waals surface area contributed by atoms with E-state index in [1.54, 1.807) is 52.8 Å². The number of nitrogens with one attached hydrogen (secondary N) is 2. The first-order chi connectivity index (χ1) is 23.1. The fraction of sp³-hybridized carbons (Fsp3) is 0.576. The molecule has 4 rings (SSSR count). The predicted molar refractivity (Wildman–Crippen MR) is 181 cm³/mol. The van der Waals surface area contributed by atoms with Crippen molar-refractivity contribution in [1.82, 2.24) is 19.5 Å². The van der Waals surface area contributed by atoms with E-state index in [0.29, 0.717) is 48.0 Å². The van der Waals surface area contributed by atoms with Crippen molar-refractivity contribution >= 4 is 33.3 Å². The largest absolute Gasteiger partial charge is 0.490 e. The van der Waals surface area contributed by atoms with E-state index in [1.807, 2.05) is 13.8 Å². The number of carbonyl (C=O) groups excluding carboxylic acids is 2. The molecule has 4 atom stereocenters. The lowest BCUT2D eigenvalue weighted by Gasteiger charge is -2.35. The Morgan fingerprint density at radius 2 is 1.78 bits per heavy atom. The summed E-state index contributed by atoms with van der Waals surface area (Å²) in [5.41, 5.74) is 1.77. The number of aliphatic hydroxyl groups is 1. The highest BCUT2D eigenvalue weighted by molar-refractivity contribution is 7.89. The number of anilines is 2. The summed E-state index contributed by atoms with van der Waals surface area (Å²) in [7, 11) is -2.48. The third kappa shape index (κ3) is 8.98.